The van der Waals surface area contributed by atoms with Crippen molar-refractivity contribution in [3.05, 3.63) is 64.8 Å². The van der Waals surface area contributed by atoms with E-state index in [9.17, 15) is 0 Å². The topological polar surface area (TPSA) is 62.7 Å². The quantitative estimate of drug-likeness (QED) is 0.683. The number of aryl methyl sites for hydroxylation is 1. The van der Waals surface area contributed by atoms with Crippen LogP contribution in [0, 0.1) is 0 Å². The lowest BCUT2D eigenvalue weighted by Crippen LogP contribution is -2.03. The number of hydrogen-bond donors (Lipinski definition) is 2. The molecule has 0 aliphatic carbocycles. The molecule has 3 aromatic rings. The van der Waals surface area contributed by atoms with E-state index in [1.807, 2.05) is 42.5 Å². The van der Waals surface area contributed by atoms with Crippen LogP contribution >= 0.6 is 15.9 Å². The average molecular weight is 370 g/mol. The highest BCUT2D eigenvalue weighted by Crippen LogP contribution is 2.21. The summed E-state index contributed by atoms with van der Waals surface area (Å²) in [6.45, 7) is 2.12. The summed E-state index contributed by atoms with van der Waals surface area (Å²) in [7, 11) is 0. The van der Waals surface area contributed by atoms with Gasteiger partial charge in [-0.25, -0.2) is 0 Å². The van der Waals surface area contributed by atoms with E-state index in [-0.39, 0.29) is 0 Å². The van der Waals surface area contributed by atoms with Gasteiger partial charge in [-0.05, 0) is 36.2 Å². The third-order valence-electron chi connectivity index (χ3n) is 3.30. The summed E-state index contributed by atoms with van der Waals surface area (Å²) in [6, 6.07) is 16.0. The van der Waals surface area contributed by atoms with E-state index in [0.29, 0.717) is 11.8 Å². The first-order valence-electron chi connectivity index (χ1n) is 7.32. The molecule has 0 amide bonds. The predicted octanol–water partition coefficient (Wildman–Crippen LogP) is 4.68. The highest BCUT2D eigenvalue weighted by atomic mass is 79.9. The van der Waals surface area contributed by atoms with E-state index < -0.39 is 0 Å². The molecule has 2 aromatic carbocycles. The second kappa shape index (κ2) is 7.19. The van der Waals surface area contributed by atoms with Gasteiger partial charge < -0.3 is 10.6 Å². The van der Waals surface area contributed by atoms with Gasteiger partial charge in [-0.15, -0.1) is 5.10 Å². The lowest BCUT2D eigenvalue weighted by atomic mass is 10.1. The molecule has 0 spiro atoms. The summed E-state index contributed by atoms with van der Waals surface area (Å²) in [5.74, 6) is 1.10. The van der Waals surface area contributed by atoms with Gasteiger partial charge in [0.2, 0.25) is 5.95 Å². The second-order valence-corrected chi connectivity index (χ2v) is 5.85. The fraction of sp³-hybridized carbons (Fsp3) is 0.118. The maximum atomic E-state index is 4.46. The molecule has 0 radical (unpaired) electrons. The van der Waals surface area contributed by atoms with Gasteiger partial charge in [-0.1, -0.05) is 47.1 Å². The Morgan fingerprint density at radius 1 is 1.04 bits per heavy atom. The molecule has 6 heteroatoms. The number of benzene rings is 2. The third kappa shape index (κ3) is 4.04. The van der Waals surface area contributed by atoms with Crippen molar-refractivity contribution >= 4 is 39.1 Å². The molecule has 23 heavy (non-hydrogen) atoms. The number of nitrogens with zero attached hydrogens (tertiary/aromatic N) is 3. The highest BCUT2D eigenvalue weighted by molar-refractivity contribution is 9.10. The van der Waals surface area contributed by atoms with Crippen molar-refractivity contribution in [3.8, 4) is 0 Å². The fourth-order valence-electron chi connectivity index (χ4n) is 2.20. The van der Waals surface area contributed by atoms with Gasteiger partial charge in [0.1, 0.15) is 0 Å². The van der Waals surface area contributed by atoms with Crippen LogP contribution in [0.3, 0.4) is 0 Å². The molecule has 0 fully saturated rings. The summed E-state index contributed by atoms with van der Waals surface area (Å²) >= 11 is 3.45. The van der Waals surface area contributed by atoms with Crippen molar-refractivity contribution in [1.29, 1.82) is 0 Å². The van der Waals surface area contributed by atoms with Crippen LogP contribution in [-0.4, -0.2) is 15.2 Å². The van der Waals surface area contributed by atoms with E-state index in [0.717, 1.165) is 22.3 Å². The molecule has 116 valence electrons. The first kappa shape index (κ1) is 15.4. The Labute approximate surface area is 143 Å². The van der Waals surface area contributed by atoms with Gasteiger partial charge in [0, 0.05) is 15.8 Å². The first-order chi connectivity index (χ1) is 11.2. The van der Waals surface area contributed by atoms with Crippen molar-refractivity contribution < 1.29 is 0 Å². The molecule has 0 saturated carbocycles. The lowest BCUT2D eigenvalue weighted by molar-refractivity contribution is 0.980. The maximum absolute atomic E-state index is 4.46. The van der Waals surface area contributed by atoms with Crippen LogP contribution in [-0.2, 0) is 6.42 Å². The molecule has 0 bridgehead atoms. The zero-order valence-electron chi connectivity index (χ0n) is 12.6. The summed E-state index contributed by atoms with van der Waals surface area (Å²) in [6.07, 6.45) is 2.53. The van der Waals surface area contributed by atoms with Gasteiger partial charge in [-0.3, -0.25) is 0 Å². The van der Waals surface area contributed by atoms with E-state index in [2.05, 4.69) is 54.7 Å². The molecule has 0 aliphatic rings. The Hall–Kier alpha value is -2.47. The third-order valence-corrected chi connectivity index (χ3v) is 3.79. The zero-order valence-corrected chi connectivity index (χ0v) is 14.2. The first-order valence-corrected chi connectivity index (χ1v) is 8.11. The largest absolute Gasteiger partial charge is 0.339 e. The monoisotopic (exact) mass is 369 g/mol. The summed E-state index contributed by atoms with van der Waals surface area (Å²) in [5.41, 5.74) is 3.14. The van der Waals surface area contributed by atoms with Crippen molar-refractivity contribution in [3.63, 3.8) is 0 Å². The van der Waals surface area contributed by atoms with Crippen LogP contribution in [0.2, 0.25) is 0 Å². The fourth-order valence-corrected chi connectivity index (χ4v) is 2.60. The van der Waals surface area contributed by atoms with E-state index in [1.54, 1.807) is 6.20 Å². The summed E-state index contributed by atoms with van der Waals surface area (Å²) in [5, 5.41) is 14.5. The van der Waals surface area contributed by atoms with E-state index in [4.69, 9.17) is 0 Å². The van der Waals surface area contributed by atoms with Crippen molar-refractivity contribution in [2.45, 2.75) is 13.3 Å². The van der Waals surface area contributed by atoms with Gasteiger partial charge >= 0.3 is 0 Å². The minimum absolute atomic E-state index is 0.464. The molecule has 1 heterocycles. The lowest BCUT2D eigenvalue weighted by Gasteiger charge is -2.10. The molecule has 2 N–H and O–H groups in total. The molecular weight excluding hydrogens is 354 g/mol. The molecule has 0 aliphatic heterocycles. The van der Waals surface area contributed by atoms with Gasteiger partial charge in [0.05, 0.1) is 6.20 Å². The number of hydrogen-bond acceptors (Lipinski definition) is 5. The van der Waals surface area contributed by atoms with Gasteiger partial charge in [0.25, 0.3) is 0 Å². The van der Waals surface area contributed by atoms with Crippen LogP contribution in [0.5, 0.6) is 0 Å². The molecule has 5 nitrogen and oxygen atoms in total. The van der Waals surface area contributed by atoms with Crippen LogP contribution in [0.15, 0.2) is 59.2 Å². The molecular formula is C17H16BrN5. The standard InChI is InChI=1S/C17H16BrN5/c1-2-12-6-3-4-9-15(12)21-17-22-16(11-19-23-17)20-14-8-5-7-13(18)10-14/h3-11H,2H2,1H3,(H2,20,21,22,23). The Morgan fingerprint density at radius 2 is 1.91 bits per heavy atom. The van der Waals surface area contributed by atoms with Crippen LogP contribution in [0.25, 0.3) is 0 Å². The van der Waals surface area contributed by atoms with E-state index >= 15 is 0 Å². The second-order valence-electron chi connectivity index (χ2n) is 4.94. The average Bonchev–Trinajstić information content (AvgIpc) is 2.56. The normalized spacial score (nSPS) is 10.3. The SMILES string of the molecule is CCc1ccccc1Nc1nncc(Nc2cccc(Br)c2)n1. The number of para-hydroxylation sites is 1. The summed E-state index contributed by atoms with van der Waals surface area (Å²) < 4.78 is 1.000. The molecule has 0 unspecified atom stereocenters. The number of rotatable bonds is 5. The Kier molecular flexibility index (Phi) is 4.83. The maximum Gasteiger partial charge on any atom is 0.249 e. The van der Waals surface area contributed by atoms with E-state index in [1.165, 1.54) is 5.56 Å². The molecule has 1 aromatic heterocycles. The Morgan fingerprint density at radius 3 is 2.74 bits per heavy atom. The van der Waals surface area contributed by atoms with Crippen molar-refractivity contribution in [1.82, 2.24) is 15.2 Å². The number of nitrogens with one attached hydrogen (secondary N) is 2. The van der Waals surface area contributed by atoms with Crippen molar-refractivity contribution in [2.75, 3.05) is 10.6 Å². The molecule has 0 atom stereocenters. The summed E-state index contributed by atoms with van der Waals surface area (Å²) in [4.78, 5) is 4.46. The van der Waals surface area contributed by atoms with Crippen LogP contribution < -0.4 is 10.6 Å². The highest BCUT2D eigenvalue weighted by Gasteiger charge is 2.05. The number of aromatic nitrogens is 3. The van der Waals surface area contributed by atoms with Gasteiger partial charge in [0.15, 0.2) is 5.82 Å². The zero-order chi connectivity index (χ0) is 16.1. The molecule has 0 saturated heterocycles. The predicted molar refractivity (Wildman–Crippen MR) is 96.4 cm³/mol. The minimum atomic E-state index is 0.464. The Balaban J connectivity index is 1.80. The smallest absolute Gasteiger partial charge is 0.249 e. The molecule has 3 rings (SSSR count). The van der Waals surface area contributed by atoms with Crippen LogP contribution in [0.1, 0.15) is 12.5 Å². The number of anilines is 4. The minimum Gasteiger partial charge on any atom is -0.339 e. The number of halogens is 1. The Bertz CT molecular complexity index is 806. The van der Waals surface area contributed by atoms with Gasteiger partial charge in [-0.2, -0.15) is 10.1 Å². The van der Waals surface area contributed by atoms with Crippen molar-refractivity contribution in [2.24, 2.45) is 0 Å². The van der Waals surface area contributed by atoms with Crippen LogP contribution in [0.4, 0.5) is 23.1 Å².